The lowest BCUT2D eigenvalue weighted by Gasteiger charge is -2.22. The summed E-state index contributed by atoms with van der Waals surface area (Å²) in [6.45, 7) is 5.85. The summed E-state index contributed by atoms with van der Waals surface area (Å²) in [5.41, 5.74) is 1.42. The monoisotopic (exact) mass is 326 g/mol. The molecule has 1 N–H and O–H groups in total. The molecule has 1 unspecified atom stereocenters. The lowest BCUT2D eigenvalue weighted by atomic mass is 9.99. The van der Waals surface area contributed by atoms with Crippen LogP contribution < -0.4 is 5.32 Å². The van der Waals surface area contributed by atoms with Gasteiger partial charge in [0.1, 0.15) is 12.2 Å². The van der Waals surface area contributed by atoms with E-state index in [1.165, 1.54) is 12.0 Å². The predicted molar refractivity (Wildman–Crippen MR) is 96.1 cm³/mol. The van der Waals surface area contributed by atoms with E-state index in [1.54, 1.807) is 6.33 Å². The number of likely N-dealkylation sites (tertiary alicyclic amines) is 1. The highest BCUT2D eigenvalue weighted by atomic mass is 15.3. The third-order valence-corrected chi connectivity index (χ3v) is 4.62. The molecule has 1 fully saturated rings. The molecule has 24 heavy (non-hydrogen) atoms. The van der Waals surface area contributed by atoms with E-state index < -0.39 is 0 Å². The summed E-state index contributed by atoms with van der Waals surface area (Å²) in [5.74, 6) is 2.60. The number of hydrogen-bond donors (Lipinski definition) is 1. The summed E-state index contributed by atoms with van der Waals surface area (Å²) >= 11 is 0. The Balaban J connectivity index is 1.52. The number of hydrogen-bond acceptors (Lipinski definition) is 3. The molecule has 0 radical (unpaired) electrons. The zero-order valence-electron chi connectivity index (χ0n) is 14.5. The largest absolute Gasteiger partial charge is 0.354 e. The summed E-state index contributed by atoms with van der Waals surface area (Å²) in [5, 5.41) is 11.6. The molecule has 128 valence electrons. The van der Waals surface area contributed by atoms with Gasteiger partial charge in [-0.1, -0.05) is 37.3 Å². The van der Waals surface area contributed by atoms with Crippen molar-refractivity contribution in [3.63, 3.8) is 0 Å². The molecule has 2 aromatic rings. The zero-order valence-corrected chi connectivity index (χ0v) is 14.5. The van der Waals surface area contributed by atoms with E-state index in [4.69, 9.17) is 0 Å². The third kappa shape index (κ3) is 3.75. The molecule has 6 nitrogen and oxygen atoms in total. The molecule has 0 bridgehead atoms. The minimum Gasteiger partial charge on any atom is -0.354 e. The normalized spacial score (nSPS) is 18.2. The van der Waals surface area contributed by atoms with Crippen molar-refractivity contribution in [1.29, 1.82) is 0 Å². The van der Waals surface area contributed by atoms with Gasteiger partial charge in [-0.05, 0) is 12.0 Å². The van der Waals surface area contributed by atoms with E-state index in [-0.39, 0.29) is 0 Å². The quantitative estimate of drug-likeness (QED) is 0.673. The van der Waals surface area contributed by atoms with E-state index in [0.29, 0.717) is 5.92 Å². The van der Waals surface area contributed by atoms with Gasteiger partial charge in [0.15, 0.2) is 5.96 Å². The average molecular weight is 326 g/mol. The molecular formula is C18H26N6. The van der Waals surface area contributed by atoms with Gasteiger partial charge >= 0.3 is 0 Å². The van der Waals surface area contributed by atoms with E-state index in [0.717, 1.165) is 44.4 Å². The molecule has 2 heterocycles. The van der Waals surface area contributed by atoms with Crippen LogP contribution in [-0.4, -0.2) is 52.3 Å². The van der Waals surface area contributed by atoms with Crippen LogP contribution in [0.3, 0.4) is 0 Å². The summed E-state index contributed by atoms with van der Waals surface area (Å²) in [6.07, 6.45) is 3.88. The van der Waals surface area contributed by atoms with Crippen LogP contribution in [0.5, 0.6) is 0 Å². The van der Waals surface area contributed by atoms with E-state index in [9.17, 15) is 0 Å². The molecule has 1 saturated heterocycles. The second kappa shape index (κ2) is 7.95. The SMILES string of the molecule is CCc1nncn1CCNC(=NC)N1CCC(c2ccccc2)C1. The van der Waals surface area contributed by atoms with Crippen LogP contribution in [0.15, 0.2) is 41.7 Å². The van der Waals surface area contributed by atoms with Crippen LogP contribution in [0.25, 0.3) is 0 Å². The smallest absolute Gasteiger partial charge is 0.193 e. The lowest BCUT2D eigenvalue weighted by Crippen LogP contribution is -2.41. The van der Waals surface area contributed by atoms with Crippen LogP contribution in [0.1, 0.15) is 30.7 Å². The van der Waals surface area contributed by atoms with Crippen molar-refractivity contribution >= 4 is 5.96 Å². The van der Waals surface area contributed by atoms with Crippen LogP contribution in [0.4, 0.5) is 0 Å². The Hall–Kier alpha value is -2.37. The molecule has 1 aromatic heterocycles. The Morgan fingerprint density at radius 2 is 2.17 bits per heavy atom. The number of guanidine groups is 1. The molecule has 0 aliphatic carbocycles. The van der Waals surface area contributed by atoms with Gasteiger partial charge in [0.2, 0.25) is 0 Å². The van der Waals surface area contributed by atoms with Crippen molar-refractivity contribution in [3.05, 3.63) is 48.0 Å². The molecule has 3 rings (SSSR count). The number of benzene rings is 1. The van der Waals surface area contributed by atoms with Gasteiger partial charge in [0.25, 0.3) is 0 Å². The Bertz CT molecular complexity index is 663. The highest BCUT2D eigenvalue weighted by Crippen LogP contribution is 2.26. The van der Waals surface area contributed by atoms with Gasteiger partial charge in [-0.2, -0.15) is 0 Å². The maximum atomic E-state index is 4.45. The van der Waals surface area contributed by atoms with Gasteiger partial charge in [0, 0.05) is 45.6 Å². The van der Waals surface area contributed by atoms with Crippen molar-refractivity contribution in [2.24, 2.45) is 4.99 Å². The topological polar surface area (TPSA) is 58.3 Å². The fraction of sp³-hybridized carbons (Fsp3) is 0.500. The molecule has 0 saturated carbocycles. The molecule has 6 heteroatoms. The van der Waals surface area contributed by atoms with Gasteiger partial charge in [0.05, 0.1) is 0 Å². The Labute approximate surface area is 143 Å². The number of aryl methyl sites for hydroxylation is 1. The maximum Gasteiger partial charge on any atom is 0.193 e. The van der Waals surface area contributed by atoms with Crippen molar-refractivity contribution in [2.75, 3.05) is 26.7 Å². The molecule has 0 spiro atoms. The molecule has 0 amide bonds. The predicted octanol–water partition coefficient (Wildman–Crippen LogP) is 1.91. The van der Waals surface area contributed by atoms with Gasteiger partial charge < -0.3 is 14.8 Å². The van der Waals surface area contributed by atoms with Crippen molar-refractivity contribution in [3.8, 4) is 0 Å². The minimum atomic E-state index is 0.592. The van der Waals surface area contributed by atoms with E-state index in [2.05, 4.69) is 67.2 Å². The van der Waals surface area contributed by atoms with Gasteiger partial charge in [-0.3, -0.25) is 4.99 Å². The Morgan fingerprint density at radius 1 is 1.33 bits per heavy atom. The van der Waals surface area contributed by atoms with E-state index >= 15 is 0 Å². The fourth-order valence-corrected chi connectivity index (χ4v) is 3.31. The van der Waals surface area contributed by atoms with Crippen LogP contribution >= 0.6 is 0 Å². The first-order chi connectivity index (χ1) is 11.8. The number of aromatic nitrogens is 3. The number of nitrogens with one attached hydrogen (secondary N) is 1. The Morgan fingerprint density at radius 3 is 2.92 bits per heavy atom. The van der Waals surface area contributed by atoms with Crippen molar-refractivity contribution in [2.45, 2.75) is 32.2 Å². The summed E-state index contributed by atoms with van der Waals surface area (Å²) < 4.78 is 2.09. The number of aliphatic imine (C=N–C) groups is 1. The first kappa shape index (κ1) is 16.5. The molecule has 1 aromatic carbocycles. The Kier molecular flexibility index (Phi) is 5.46. The standard InChI is InChI=1S/C18H26N6/c1-3-17-22-21-14-24(17)12-10-20-18(19-2)23-11-9-16(13-23)15-7-5-4-6-8-15/h4-8,14,16H,3,9-13H2,1-2H3,(H,19,20). The molecule has 1 aliphatic rings. The first-order valence-electron chi connectivity index (χ1n) is 8.69. The minimum absolute atomic E-state index is 0.592. The summed E-state index contributed by atoms with van der Waals surface area (Å²) in [4.78, 5) is 6.80. The maximum absolute atomic E-state index is 4.45. The highest BCUT2D eigenvalue weighted by Gasteiger charge is 2.25. The van der Waals surface area contributed by atoms with Gasteiger partial charge in [-0.15, -0.1) is 10.2 Å². The number of rotatable bonds is 5. The molecular weight excluding hydrogens is 300 g/mol. The zero-order chi connectivity index (χ0) is 16.8. The fourth-order valence-electron chi connectivity index (χ4n) is 3.31. The van der Waals surface area contributed by atoms with Gasteiger partial charge in [-0.25, -0.2) is 0 Å². The third-order valence-electron chi connectivity index (χ3n) is 4.62. The van der Waals surface area contributed by atoms with E-state index in [1.807, 2.05) is 7.05 Å². The van der Waals surface area contributed by atoms with Crippen molar-refractivity contribution < 1.29 is 0 Å². The second-order valence-electron chi connectivity index (χ2n) is 6.11. The first-order valence-corrected chi connectivity index (χ1v) is 8.69. The van der Waals surface area contributed by atoms with Crippen LogP contribution in [0, 0.1) is 0 Å². The summed E-state index contributed by atoms with van der Waals surface area (Å²) in [7, 11) is 1.86. The molecule has 1 aliphatic heterocycles. The second-order valence-corrected chi connectivity index (χ2v) is 6.11. The van der Waals surface area contributed by atoms with Crippen LogP contribution in [0.2, 0.25) is 0 Å². The van der Waals surface area contributed by atoms with Crippen molar-refractivity contribution in [1.82, 2.24) is 25.0 Å². The lowest BCUT2D eigenvalue weighted by molar-refractivity contribution is 0.481. The number of nitrogens with zero attached hydrogens (tertiary/aromatic N) is 5. The average Bonchev–Trinajstić information content (AvgIpc) is 3.29. The molecule has 1 atom stereocenters. The summed E-state index contributed by atoms with van der Waals surface area (Å²) in [6, 6.07) is 10.8. The van der Waals surface area contributed by atoms with Crippen LogP contribution in [-0.2, 0) is 13.0 Å². The highest BCUT2D eigenvalue weighted by molar-refractivity contribution is 5.80.